The Kier molecular flexibility index (Phi) is 4.55. The molecule has 0 saturated heterocycles. The van der Waals surface area contributed by atoms with Gasteiger partial charge >= 0.3 is 5.97 Å². The number of rotatable bonds is 4. The second-order valence-electron chi connectivity index (χ2n) is 6.74. The molecule has 3 aromatic carbocycles. The third kappa shape index (κ3) is 3.65. The lowest BCUT2D eigenvalue weighted by Crippen LogP contribution is -2.20. The molecule has 1 aliphatic heterocycles. The van der Waals surface area contributed by atoms with E-state index in [2.05, 4.69) is 19.1 Å². The average molecular weight is 360 g/mol. The van der Waals surface area contributed by atoms with Crippen LogP contribution in [0.3, 0.4) is 0 Å². The number of ether oxygens (including phenoxy) is 2. The number of carbonyl (C=O) groups is 1. The fourth-order valence-electron chi connectivity index (χ4n) is 3.39. The summed E-state index contributed by atoms with van der Waals surface area (Å²) < 4.78 is 11.3. The van der Waals surface area contributed by atoms with E-state index in [1.807, 2.05) is 42.5 Å². The van der Waals surface area contributed by atoms with Crippen LogP contribution in [0, 0.1) is 6.92 Å². The number of esters is 1. The number of hydrogen-bond acceptors (Lipinski definition) is 4. The number of phenolic OH excluding ortho intramolecular Hbond substituents is 1. The van der Waals surface area contributed by atoms with Crippen LogP contribution in [0.2, 0.25) is 0 Å². The number of benzene rings is 3. The molecule has 1 heterocycles. The van der Waals surface area contributed by atoms with E-state index in [-0.39, 0.29) is 24.1 Å². The van der Waals surface area contributed by atoms with Gasteiger partial charge in [0.1, 0.15) is 23.9 Å². The van der Waals surface area contributed by atoms with Gasteiger partial charge in [0.2, 0.25) is 0 Å². The highest BCUT2D eigenvalue weighted by atomic mass is 16.5. The van der Waals surface area contributed by atoms with Gasteiger partial charge in [0.25, 0.3) is 0 Å². The van der Waals surface area contributed by atoms with Crippen LogP contribution >= 0.6 is 0 Å². The topological polar surface area (TPSA) is 55.8 Å². The Hall–Kier alpha value is -3.27. The first-order chi connectivity index (χ1) is 13.1. The Labute approximate surface area is 158 Å². The molecule has 0 fully saturated rings. The zero-order chi connectivity index (χ0) is 18.8. The number of aryl methyl sites for hydroxylation is 1. The minimum atomic E-state index is -0.302. The standard InChI is InChI=1S/C23H20O4/c1-15-5-2-3-6-17(15)14-26-19-8-4-7-16(11-19)21-13-23(25)27-22-12-18(24)9-10-20(21)22/h2-12,21,24H,13-14H2,1H3. The summed E-state index contributed by atoms with van der Waals surface area (Å²) in [6.45, 7) is 2.56. The summed E-state index contributed by atoms with van der Waals surface area (Å²) in [6.07, 6.45) is 0.263. The number of hydrogen-bond donors (Lipinski definition) is 1. The minimum Gasteiger partial charge on any atom is -0.508 e. The van der Waals surface area contributed by atoms with Crippen molar-refractivity contribution >= 4 is 5.97 Å². The molecule has 1 atom stereocenters. The van der Waals surface area contributed by atoms with Crippen LogP contribution in [0.25, 0.3) is 0 Å². The van der Waals surface area contributed by atoms with Crippen molar-refractivity contribution < 1.29 is 19.4 Å². The Balaban J connectivity index is 1.59. The Morgan fingerprint density at radius 1 is 1.07 bits per heavy atom. The summed E-state index contributed by atoms with van der Waals surface area (Å²) >= 11 is 0. The van der Waals surface area contributed by atoms with Gasteiger partial charge in [-0.3, -0.25) is 4.79 Å². The molecule has 1 aliphatic rings. The lowest BCUT2D eigenvalue weighted by molar-refractivity contribution is -0.135. The lowest BCUT2D eigenvalue weighted by Gasteiger charge is -2.25. The molecule has 0 amide bonds. The molecule has 4 rings (SSSR count). The molecule has 0 aromatic heterocycles. The third-order valence-electron chi connectivity index (χ3n) is 4.88. The Morgan fingerprint density at radius 2 is 1.93 bits per heavy atom. The minimum absolute atomic E-state index is 0.0810. The van der Waals surface area contributed by atoms with Crippen LogP contribution in [0.1, 0.15) is 34.6 Å². The number of carbonyl (C=O) groups excluding carboxylic acids is 1. The van der Waals surface area contributed by atoms with Crippen LogP contribution in [0.5, 0.6) is 17.2 Å². The van der Waals surface area contributed by atoms with Crippen molar-refractivity contribution in [1.29, 1.82) is 0 Å². The van der Waals surface area contributed by atoms with Crippen molar-refractivity contribution in [1.82, 2.24) is 0 Å². The van der Waals surface area contributed by atoms with Crippen LogP contribution in [-0.2, 0) is 11.4 Å². The van der Waals surface area contributed by atoms with Crippen LogP contribution in [-0.4, -0.2) is 11.1 Å². The first-order valence-corrected chi connectivity index (χ1v) is 8.91. The van der Waals surface area contributed by atoms with Crippen molar-refractivity contribution in [2.24, 2.45) is 0 Å². The van der Waals surface area contributed by atoms with E-state index < -0.39 is 0 Å². The number of aromatic hydroxyl groups is 1. The lowest BCUT2D eigenvalue weighted by atomic mass is 9.86. The number of phenols is 1. The second-order valence-corrected chi connectivity index (χ2v) is 6.74. The molecule has 0 spiro atoms. The predicted octanol–water partition coefficient (Wildman–Crippen LogP) is 4.72. The maximum absolute atomic E-state index is 12.0. The van der Waals surface area contributed by atoms with Gasteiger partial charge in [0.05, 0.1) is 6.42 Å². The largest absolute Gasteiger partial charge is 0.508 e. The fourth-order valence-corrected chi connectivity index (χ4v) is 3.39. The maximum atomic E-state index is 12.0. The molecule has 0 aliphatic carbocycles. The first-order valence-electron chi connectivity index (χ1n) is 8.91. The van der Waals surface area contributed by atoms with Gasteiger partial charge in [-0.05, 0) is 41.8 Å². The zero-order valence-corrected chi connectivity index (χ0v) is 15.0. The molecular weight excluding hydrogens is 340 g/mol. The summed E-state index contributed by atoms with van der Waals surface area (Å²) in [4.78, 5) is 12.0. The van der Waals surface area contributed by atoms with Gasteiger partial charge in [-0.2, -0.15) is 0 Å². The van der Waals surface area contributed by atoms with Crippen molar-refractivity contribution in [3.63, 3.8) is 0 Å². The van der Waals surface area contributed by atoms with Crippen LogP contribution in [0.4, 0.5) is 0 Å². The summed E-state index contributed by atoms with van der Waals surface area (Å²) in [6, 6.07) is 20.8. The third-order valence-corrected chi connectivity index (χ3v) is 4.88. The quantitative estimate of drug-likeness (QED) is 0.540. The van der Waals surface area contributed by atoms with Gasteiger partial charge < -0.3 is 14.6 Å². The predicted molar refractivity (Wildman–Crippen MR) is 102 cm³/mol. The Bertz CT molecular complexity index is 993. The molecule has 1 unspecified atom stereocenters. The molecule has 27 heavy (non-hydrogen) atoms. The van der Waals surface area contributed by atoms with Gasteiger partial charge in [-0.25, -0.2) is 0 Å². The fraction of sp³-hybridized carbons (Fsp3) is 0.174. The maximum Gasteiger partial charge on any atom is 0.312 e. The normalized spacial score (nSPS) is 15.7. The summed E-state index contributed by atoms with van der Waals surface area (Å²) in [7, 11) is 0. The zero-order valence-electron chi connectivity index (χ0n) is 15.0. The second kappa shape index (κ2) is 7.16. The van der Waals surface area contributed by atoms with Gasteiger partial charge in [-0.1, -0.05) is 42.5 Å². The van der Waals surface area contributed by atoms with E-state index >= 15 is 0 Å². The molecule has 136 valence electrons. The van der Waals surface area contributed by atoms with Gasteiger partial charge in [0, 0.05) is 17.5 Å². The van der Waals surface area contributed by atoms with Crippen molar-refractivity contribution in [3.05, 3.63) is 89.0 Å². The van der Waals surface area contributed by atoms with Crippen LogP contribution < -0.4 is 9.47 Å². The highest BCUT2D eigenvalue weighted by molar-refractivity contribution is 5.78. The highest BCUT2D eigenvalue weighted by Gasteiger charge is 2.28. The highest BCUT2D eigenvalue weighted by Crippen LogP contribution is 2.40. The first kappa shape index (κ1) is 17.2. The molecule has 1 N–H and O–H groups in total. The van der Waals surface area contributed by atoms with E-state index in [9.17, 15) is 9.90 Å². The monoisotopic (exact) mass is 360 g/mol. The molecular formula is C23H20O4. The van der Waals surface area contributed by atoms with Gasteiger partial charge in [0.15, 0.2) is 0 Å². The van der Waals surface area contributed by atoms with Crippen molar-refractivity contribution in [3.8, 4) is 17.2 Å². The smallest absolute Gasteiger partial charge is 0.312 e. The number of fused-ring (bicyclic) bond motifs is 1. The average Bonchev–Trinajstić information content (AvgIpc) is 2.66. The molecule has 0 radical (unpaired) electrons. The van der Waals surface area contributed by atoms with Crippen molar-refractivity contribution in [2.45, 2.75) is 25.9 Å². The summed E-state index contributed by atoms with van der Waals surface area (Å²) in [5.41, 5.74) is 4.21. The van der Waals surface area contributed by atoms with E-state index in [4.69, 9.17) is 9.47 Å². The van der Waals surface area contributed by atoms with Crippen LogP contribution in [0.15, 0.2) is 66.7 Å². The van der Waals surface area contributed by atoms with Crippen molar-refractivity contribution in [2.75, 3.05) is 0 Å². The molecule has 3 aromatic rings. The van der Waals surface area contributed by atoms with E-state index in [1.165, 1.54) is 11.6 Å². The Morgan fingerprint density at radius 3 is 2.78 bits per heavy atom. The summed E-state index contributed by atoms with van der Waals surface area (Å²) in [5, 5.41) is 9.66. The molecule has 0 bridgehead atoms. The van der Waals surface area contributed by atoms with Gasteiger partial charge in [-0.15, -0.1) is 0 Å². The molecule has 4 nitrogen and oxygen atoms in total. The van der Waals surface area contributed by atoms with E-state index in [0.29, 0.717) is 12.4 Å². The van der Waals surface area contributed by atoms with E-state index in [1.54, 1.807) is 6.07 Å². The molecule has 0 saturated carbocycles. The SMILES string of the molecule is Cc1ccccc1COc1cccc(C2CC(=O)Oc3cc(O)ccc32)c1. The summed E-state index contributed by atoms with van der Waals surface area (Å²) in [5.74, 6) is 0.836. The van der Waals surface area contributed by atoms with E-state index in [0.717, 1.165) is 22.4 Å². The molecule has 4 heteroatoms.